The van der Waals surface area contributed by atoms with Crippen molar-refractivity contribution < 1.29 is 4.39 Å². The molecule has 84 valence electrons. The van der Waals surface area contributed by atoms with Crippen LogP contribution in [-0.4, -0.2) is 15.0 Å². The number of hydrogen-bond donors (Lipinski definition) is 3. The molecule has 2 heterocycles. The van der Waals surface area contributed by atoms with Crippen LogP contribution in [0.25, 0.3) is 0 Å². The normalized spacial score (nSPS) is 10.1. The number of hydrogen-bond acceptors (Lipinski definition) is 7. The Labute approximate surface area is 94.7 Å². The number of anilines is 2. The molecule has 2 aromatic heterocycles. The molecule has 0 aromatic carbocycles. The molecule has 0 amide bonds. The molecule has 0 atom stereocenters. The first-order valence-corrected chi connectivity index (χ1v) is 5.29. The molecular formula is C8H9FN6S. The van der Waals surface area contributed by atoms with E-state index < -0.39 is 5.82 Å². The first kappa shape index (κ1) is 10.7. The van der Waals surface area contributed by atoms with E-state index in [1.54, 1.807) is 6.20 Å². The van der Waals surface area contributed by atoms with Gasteiger partial charge in [0.1, 0.15) is 5.01 Å². The molecule has 0 fully saturated rings. The lowest BCUT2D eigenvalue weighted by molar-refractivity contribution is 0.617. The maximum atomic E-state index is 13.3. The minimum absolute atomic E-state index is 0.0955. The minimum Gasteiger partial charge on any atom is -0.361 e. The summed E-state index contributed by atoms with van der Waals surface area (Å²) in [6, 6.07) is 0. The van der Waals surface area contributed by atoms with Gasteiger partial charge >= 0.3 is 0 Å². The molecule has 2 aromatic rings. The zero-order chi connectivity index (χ0) is 11.4. The Morgan fingerprint density at radius 3 is 3.00 bits per heavy atom. The standard InChI is InChI=1S/C8H9FN6S/c9-5-3-13-8(15-10)14-7(5)12-4-6-11-1-2-16-6/h1-3H,4,10H2,(H2,12,13,14,15). The number of nitrogens with two attached hydrogens (primary N) is 1. The van der Waals surface area contributed by atoms with E-state index in [2.05, 4.69) is 25.7 Å². The first-order chi connectivity index (χ1) is 7.79. The number of aromatic nitrogens is 3. The Kier molecular flexibility index (Phi) is 3.22. The van der Waals surface area contributed by atoms with Gasteiger partial charge in [-0.25, -0.2) is 20.2 Å². The maximum absolute atomic E-state index is 13.3. The molecule has 0 radical (unpaired) electrons. The molecule has 0 aliphatic rings. The van der Waals surface area contributed by atoms with Crippen molar-refractivity contribution in [3.8, 4) is 0 Å². The second-order valence-electron chi connectivity index (χ2n) is 2.81. The molecule has 0 saturated heterocycles. The molecule has 6 nitrogen and oxygen atoms in total. The van der Waals surface area contributed by atoms with E-state index in [1.807, 2.05) is 5.38 Å². The summed E-state index contributed by atoms with van der Waals surface area (Å²) in [5.74, 6) is 4.84. The summed E-state index contributed by atoms with van der Waals surface area (Å²) in [6.45, 7) is 0.412. The number of nitrogens with zero attached hydrogens (tertiary/aromatic N) is 3. The van der Waals surface area contributed by atoms with Crippen LogP contribution in [-0.2, 0) is 6.54 Å². The van der Waals surface area contributed by atoms with Gasteiger partial charge in [-0.05, 0) is 0 Å². The molecule has 0 saturated carbocycles. The molecule has 0 unspecified atom stereocenters. The summed E-state index contributed by atoms with van der Waals surface area (Å²) in [7, 11) is 0. The zero-order valence-electron chi connectivity index (χ0n) is 8.14. The fourth-order valence-corrected chi connectivity index (χ4v) is 1.62. The van der Waals surface area contributed by atoms with Crippen LogP contribution in [0.15, 0.2) is 17.8 Å². The Morgan fingerprint density at radius 1 is 1.44 bits per heavy atom. The summed E-state index contributed by atoms with van der Waals surface area (Å²) in [4.78, 5) is 11.5. The smallest absolute Gasteiger partial charge is 0.239 e. The van der Waals surface area contributed by atoms with Gasteiger partial charge < -0.3 is 5.32 Å². The topological polar surface area (TPSA) is 88.8 Å². The lowest BCUT2D eigenvalue weighted by Gasteiger charge is -2.05. The van der Waals surface area contributed by atoms with Crippen LogP contribution < -0.4 is 16.6 Å². The Morgan fingerprint density at radius 2 is 2.31 bits per heavy atom. The molecule has 0 spiro atoms. The molecule has 0 aliphatic carbocycles. The van der Waals surface area contributed by atoms with Crippen molar-refractivity contribution in [2.24, 2.45) is 5.84 Å². The van der Waals surface area contributed by atoms with Crippen molar-refractivity contribution >= 4 is 23.1 Å². The number of rotatable bonds is 4. The second kappa shape index (κ2) is 4.81. The molecule has 16 heavy (non-hydrogen) atoms. The van der Waals surface area contributed by atoms with E-state index in [9.17, 15) is 4.39 Å². The molecule has 0 bridgehead atoms. The number of hydrazine groups is 1. The van der Waals surface area contributed by atoms with Crippen molar-refractivity contribution in [1.82, 2.24) is 15.0 Å². The first-order valence-electron chi connectivity index (χ1n) is 4.41. The average Bonchev–Trinajstić information content (AvgIpc) is 2.81. The molecular weight excluding hydrogens is 231 g/mol. The van der Waals surface area contributed by atoms with Gasteiger partial charge in [-0.1, -0.05) is 0 Å². The average molecular weight is 240 g/mol. The Bertz CT molecular complexity index is 460. The van der Waals surface area contributed by atoms with E-state index in [0.717, 1.165) is 11.2 Å². The van der Waals surface area contributed by atoms with Gasteiger partial charge in [-0.3, -0.25) is 5.43 Å². The van der Waals surface area contributed by atoms with Crippen LogP contribution in [0.3, 0.4) is 0 Å². The summed E-state index contributed by atoms with van der Waals surface area (Å²) in [5, 5.41) is 5.51. The molecule has 8 heteroatoms. The number of thiazole rings is 1. The van der Waals surface area contributed by atoms with Gasteiger partial charge in [-0.2, -0.15) is 4.98 Å². The number of nitrogen functional groups attached to an aromatic ring is 1. The highest BCUT2D eigenvalue weighted by Gasteiger charge is 2.06. The number of nitrogens with one attached hydrogen (secondary N) is 2. The van der Waals surface area contributed by atoms with Crippen LogP contribution in [0.4, 0.5) is 16.2 Å². The van der Waals surface area contributed by atoms with Gasteiger partial charge in [0, 0.05) is 11.6 Å². The van der Waals surface area contributed by atoms with Crippen LogP contribution >= 0.6 is 11.3 Å². The minimum atomic E-state index is -0.532. The van der Waals surface area contributed by atoms with Crippen LogP contribution in [0.1, 0.15) is 5.01 Å². The molecule has 0 aliphatic heterocycles. The highest BCUT2D eigenvalue weighted by Crippen LogP contribution is 2.13. The van der Waals surface area contributed by atoms with Crippen molar-refractivity contribution in [2.45, 2.75) is 6.54 Å². The second-order valence-corrected chi connectivity index (χ2v) is 3.79. The summed E-state index contributed by atoms with van der Waals surface area (Å²) >= 11 is 1.48. The van der Waals surface area contributed by atoms with Gasteiger partial charge in [0.05, 0.1) is 12.7 Å². The van der Waals surface area contributed by atoms with Crippen molar-refractivity contribution in [2.75, 3.05) is 10.7 Å². The monoisotopic (exact) mass is 240 g/mol. The van der Waals surface area contributed by atoms with Gasteiger partial charge in [0.2, 0.25) is 5.95 Å². The van der Waals surface area contributed by atoms with Gasteiger partial charge in [0.15, 0.2) is 11.6 Å². The highest BCUT2D eigenvalue weighted by molar-refractivity contribution is 7.09. The number of halogens is 1. The predicted octanol–water partition coefficient (Wildman–Crippen LogP) is 0.970. The third-order valence-corrected chi connectivity index (χ3v) is 2.54. The lowest BCUT2D eigenvalue weighted by atomic mass is 10.5. The van der Waals surface area contributed by atoms with E-state index in [-0.39, 0.29) is 11.8 Å². The van der Waals surface area contributed by atoms with E-state index in [1.165, 1.54) is 11.3 Å². The largest absolute Gasteiger partial charge is 0.361 e. The SMILES string of the molecule is NNc1ncc(F)c(NCc2nccs2)n1. The quantitative estimate of drug-likeness (QED) is 0.545. The van der Waals surface area contributed by atoms with Crippen LogP contribution in [0, 0.1) is 5.82 Å². The lowest BCUT2D eigenvalue weighted by Crippen LogP contribution is -2.12. The highest BCUT2D eigenvalue weighted by atomic mass is 32.1. The predicted molar refractivity (Wildman–Crippen MR) is 59.2 cm³/mol. The van der Waals surface area contributed by atoms with Gasteiger partial charge in [0.25, 0.3) is 0 Å². The summed E-state index contributed by atoms with van der Waals surface area (Å²) in [5.41, 5.74) is 2.25. The summed E-state index contributed by atoms with van der Waals surface area (Å²) in [6.07, 6.45) is 2.73. The fraction of sp³-hybridized carbons (Fsp3) is 0.125. The van der Waals surface area contributed by atoms with Crippen molar-refractivity contribution in [3.63, 3.8) is 0 Å². The van der Waals surface area contributed by atoms with E-state index in [4.69, 9.17) is 5.84 Å². The Balaban J connectivity index is 2.08. The van der Waals surface area contributed by atoms with Crippen LogP contribution in [0.2, 0.25) is 0 Å². The molecule has 4 N–H and O–H groups in total. The third-order valence-electron chi connectivity index (χ3n) is 1.76. The van der Waals surface area contributed by atoms with Gasteiger partial charge in [-0.15, -0.1) is 11.3 Å². The van der Waals surface area contributed by atoms with Crippen LogP contribution in [0.5, 0.6) is 0 Å². The van der Waals surface area contributed by atoms with E-state index in [0.29, 0.717) is 6.54 Å². The Hall–Kier alpha value is -1.80. The van der Waals surface area contributed by atoms with Crippen molar-refractivity contribution in [3.05, 3.63) is 28.6 Å². The molecule has 2 rings (SSSR count). The zero-order valence-corrected chi connectivity index (χ0v) is 8.96. The summed E-state index contributed by atoms with van der Waals surface area (Å²) < 4.78 is 13.3. The van der Waals surface area contributed by atoms with Crippen molar-refractivity contribution in [1.29, 1.82) is 0 Å². The maximum Gasteiger partial charge on any atom is 0.239 e. The van der Waals surface area contributed by atoms with E-state index >= 15 is 0 Å². The third kappa shape index (κ3) is 2.41. The fourth-order valence-electron chi connectivity index (χ4n) is 1.06.